The Bertz CT molecular complexity index is 657. The molecule has 0 bridgehead atoms. The minimum Gasteiger partial charge on any atom is -0.493 e. The topological polar surface area (TPSA) is 68.2 Å². The van der Waals surface area contributed by atoms with Gasteiger partial charge in [0.2, 0.25) is 0 Å². The zero-order chi connectivity index (χ0) is 16.9. The number of unbranched alkanes of at least 4 members (excludes halogenated alkanes) is 1. The number of methoxy groups -OCH3 is 1. The van der Waals surface area contributed by atoms with E-state index in [1.165, 1.54) is 0 Å². The predicted molar refractivity (Wildman–Crippen MR) is 90.6 cm³/mol. The molecule has 2 aliphatic heterocycles. The number of ether oxygens (including phenoxy) is 2. The van der Waals surface area contributed by atoms with E-state index in [2.05, 4.69) is 4.99 Å². The fraction of sp³-hybridized carbons (Fsp3) is 0.500. The van der Waals surface area contributed by atoms with Gasteiger partial charge in [-0.05, 0) is 31.7 Å². The van der Waals surface area contributed by atoms with Crippen LogP contribution in [0.3, 0.4) is 0 Å². The van der Waals surface area contributed by atoms with Crippen molar-refractivity contribution in [3.8, 4) is 11.5 Å². The average molecular weight is 330 g/mol. The Morgan fingerprint density at radius 3 is 3.00 bits per heavy atom. The monoisotopic (exact) mass is 330 g/mol. The Morgan fingerprint density at radius 1 is 1.33 bits per heavy atom. The van der Waals surface area contributed by atoms with Crippen LogP contribution in [-0.2, 0) is 4.79 Å². The third kappa shape index (κ3) is 3.27. The number of nitrogens with zero attached hydrogens (tertiary/aromatic N) is 2. The van der Waals surface area contributed by atoms with Crippen molar-refractivity contribution in [1.82, 2.24) is 4.90 Å². The van der Waals surface area contributed by atoms with Gasteiger partial charge in [0.25, 0.3) is 5.91 Å². The van der Waals surface area contributed by atoms with Crippen LogP contribution in [0.2, 0.25) is 0 Å². The number of hydrogen-bond acceptors (Lipinski definition) is 5. The smallest absolute Gasteiger partial charge is 0.256 e. The minimum absolute atomic E-state index is 0.00185. The van der Waals surface area contributed by atoms with Gasteiger partial charge in [0.15, 0.2) is 11.5 Å². The third-order valence-electron chi connectivity index (χ3n) is 4.43. The van der Waals surface area contributed by atoms with Gasteiger partial charge in [0, 0.05) is 25.2 Å². The molecule has 0 N–H and O–H groups in total. The van der Waals surface area contributed by atoms with Gasteiger partial charge in [-0.15, -0.1) is 0 Å². The number of aldehydes is 1. The lowest BCUT2D eigenvalue weighted by Gasteiger charge is -2.32. The molecule has 0 radical (unpaired) electrons. The van der Waals surface area contributed by atoms with Crippen LogP contribution in [0.1, 0.15) is 42.5 Å². The molecule has 1 amide bonds. The number of rotatable bonds is 6. The molecule has 128 valence electrons. The first kappa shape index (κ1) is 16.5. The minimum atomic E-state index is -0.00185. The van der Waals surface area contributed by atoms with Gasteiger partial charge in [0.05, 0.1) is 31.0 Å². The van der Waals surface area contributed by atoms with E-state index in [4.69, 9.17) is 9.47 Å². The fourth-order valence-corrected chi connectivity index (χ4v) is 3.13. The zero-order valence-corrected chi connectivity index (χ0v) is 13.9. The van der Waals surface area contributed by atoms with Crippen LogP contribution in [0, 0.1) is 0 Å². The summed E-state index contributed by atoms with van der Waals surface area (Å²) in [6.45, 7) is 1.18. The van der Waals surface area contributed by atoms with E-state index in [0.717, 1.165) is 32.1 Å². The Hall–Kier alpha value is -2.37. The van der Waals surface area contributed by atoms with Crippen molar-refractivity contribution in [2.45, 2.75) is 38.1 Å². The first-order chi connectivity index (χ1) is 11.7. The van der Waals surface area contributed by atoms with Gasteiger partial charge in [-0.1, -0.05) is 0 Å². The zero-order valence-electron chi connectivity index (χ0n) is 13.9. The second-order valence-corrected chi connectivity index (χ2v) is 6.02. The van der Waals surface area contributed by atoms with Gasteiger partial charge in [-0.25, -0.2) is 0 Å². The molecule has 3 rings (SSSR count). The summed E-state index contributed by atoms with van der Waals surface area (Å²) in [5.41, 5.74) is 1.16. The van der Waals surface area contributed by atoms with Crippen molar-refractivity contribution in [3.05, 3.63) is 17.7 Å². The summed E-state index contributed by atoms with van der Waals surface area (Å²) >= 11 is 0. The number of carbonyl (C=O) groups is 2. The van der Waals surface area contributed by atoms with E-state index < -0.39 is 0 Å². The summed E-state index contributed by atoms with van der Waals surface area (Å²) in [6.07, 6.45) is 6.94. The van der Waals surface area contributed by atoms with E-state index >= 15 is 0 Å². The van der Waals surface area contributed by atoms with Gasteiger partial charge in [-0.3, -0.25) is 9.79 Å². The quantitative estimate of drug-likeness (QED) is 0.594. The van der Waals surface area contributed by atoms with Gasteiger partial charge < -0.3 is 19.2 Å². The maximum absolute atomic E-state index is 12.9. The summed E-state index contributed by atoms with van der Waals surface area (Å²) in [7, 11) is 1.55. The molecule has 0 aromatic heterocycles. The maximum atomic E-state index is 12.9. The lowest BCUT2D eigenvalue weighted by molar-refractivity contribution is -0.108. The highest BCUT2D eigenvalue weighted by molar-refractivity contribution is 6.03. The lowest BCUT2D eigenvalue weighted by Crippen LogP contribution is -2.43. The number of aliphatic imine (C=N–C) groups is 1. The molecule has 1 aromatic rings. The molecular formula is C18H22N2O4. The molecule has 24 heavy (non-hydrogen) atoms. The molecule has 6 heteroatoms. The molecule has 0 aliphatic carbocycles. The largest absolute Gasteiger partial charge is 0.493 e. The maximum Gasteiger partial charge on any atom is 0.256 e. The van der Waals surface area contributed by atoms with Crippen molar-refractivity contribution >= 4 is 24.1 Å². The molecule has 6 nitrogen and oxygen atoms in total. The molecule has 1 unspecified atom stereocenters. The molecule has 0 saturated carbocycles. The summed E-state index contributed by atoms with van der Waals surface area (Å²) < 4.78 is 11.1. The number of fused-ring (bicyclic) bond motifs is 2. The van der Waals surface area contributed by atoms with Crippen LogP contribution in [-0.4, -0.2) is 49.6 Å². The lowest BCUT2D eigenvalue weighted by atomic mass is 10.0. The van der Waals surface area contributed by atoms with E-state index in [1.807, 2.05) is 11.1 Å². The summed E-state index contributed by atoms with van der Waals surface area (Å²) in [4.78, 5) is 29.7. The molecule has 1 saturated heterocycles. The predicted octanol–water partition coefficient (Wildman–Crippen LogP) is 2.76. The number of amides is 1. The molecule has 1 atom stereocenters. The Labute approximate surface area is 141 Å². The standard InChI is InChI=1S/C18H22N2O4/c1-23-16-10-14-15(11-17(16)24-9-5-4-8-21)19-12-13-6-2-3-7-20(13)18(14)22/h8,10-13H,2-7,9H2,1H3. The fourth-order valence-electron chi connectivity index (χ4n) is 3.13. The van der Waals surface area contributed by atoms with Crippen molar-refractivity contribution in [2.24, 2.45) is 4.99 Å². The van der Waals surface area contributed by atoms with Crippen LogP contribution in [0.25, 0.3) is 0 Å². The van der Waals surface area contributed by atoms with Crippen molar-refractivity contribution < 1.29 is 19.1 Å². The molecule has 1 aromatic carbocycles. The van der Waals surface area contributed by atoms with Crippen molar-refractivity contribution in [1.29, 1.82) is 0 Å². The number of hydrogen-bond donors (Lipinski definition) is 0. The Balaban J connectivity index is 1.89. The van der Waals surface area contributed by atoms with E-state index in [-0.39, 0.29) is 11.9 Å². The van der Waals surface area contributed by atoms with E-state index in [9.17, 15) is 9.59 Å². The molecule has 1 fully saturated rings. The van der Waals surface area contributed by atoms with Crippen LogP contribution in [0.4, 0.5) is 5.69 Å². The highest BCUT2D eigenvalue weighted by atomic mass is 16.5. The van der Waals surface area contributed by atoms with Gasteiger partial charge >= 0.3 is 0 Å². The van der Waals surface area contributed by atoms with Crippen LogP contribution in [0.15, 0.2) is 17.1 Å². The van der Waals surface area contributed by atoms with E-state index in [1.54, 1.807) is 19.2 Å². The summed E-state index contributed by atoms with van der Waals surface area (Å²) in [6, 6.07) is 3.53. The van der Waals surface area contributed by atoms with Gasteiger partial charge in [0.1, 0.15) is 6.29 Å². The van der Waals surface area contributed by atoms with Gasteiger partial charge in [-0.2, -0.15) is 0 Å². The second kappa shape index (κ2) is 7.47. The number of carbonyl (C=O) groups excluding carboxylic acids is 2. The first-order valence-electron chi connectivity index (χ1n) is 8.38. The van der Waals surface area contributed by atoms with Crippen LogP contribution >= 0.6 is 0 Å². The molecular weight excluding hydrogens is 308 g/mol. The van der Waals surface area contributed by atoms with E-state index in [0.29, 0.717) is 42.2 Å². The van der Waals surface area contributed by atoms with Crippen molar-refractivity contribution in [2.75, 3.05) is 20.3 Å². The molecule has 0 spiro atoms. The van der Waals surface area contributed by atoms with Crippen LogP contribution in [0.5, 0.6) is 11.5 Å². The number of benzene rings is 1. The number of piperidine rings is 1. The molecule has 2 heterocycles. The van der Waals surface area contributed by atoms with Crippen molar-refractivity contribution in [3.63, 3.8) is 0 Å². The molecule has 2 aliphatic rings. The highest BCUT2D eigenvalue weighted by Crippen LogP contribution is 2.37. The Morgan fingerprint density at radius 2 is 2.21 bits per heavy atom. The highest BCUT2D eigenvalue weighted by Gasteiger charge is 2.31. The second-order valence-electron chi connectivity index (χ2n) is 6.02. The third-order valence-corrected chi connectivity index (χ3v) is 4.43. The normalized spacial score (nSPS) is 19.3. The first-order valence-corrected chi connectivity index (χ1v) is 8.38. The summed E-state index contributed by atoms with van der Waals surface area (Å²) in [5, 5.41) is 0. The Kier molecular flexibility index (Phi) is 5.13. The summed E-state index contributed by atoms with van der Waals surface area (Å²) in [5.74, 6) is 1.06. The van der Waals surface area contributed by atoms with Crippen LogP contribution < -0.4 is 9.47 Å². The SMILES string of the molecule is COc1cc2c(cc1OCCCC=O)N=CC1CCCCN1C2=O. The average Bonchev–Trinajstić information content (AvgIpc) is 2.75.